The van der Waals surface area contributed by atoms with Crippen molar-refractivity contribution in [3.63, 3.8) is 0 Å². The van der Waals surface area contributed by atoms with Gasteiger partial charge in [0.05, 0.1) is 19.4 Å². The largest absolute Gasteiger partial charge is 0.379 e. The Labute approximate surface area is 208 Å². The fourth-order valence-electron chi connectivity index (χ4n) is 5.14. The molecule has 3 saturated heterocycles. The Kier molecular flexibility index (Phi) is 6.26. The maximum atomic E-state index is 12.2. The number of aromatic nitrogens is 4. The van der Waals surface area contributed by atoms with Crippen molar-refractivity contribution in [2.45, 2.75) is 31.5 Å². The standard InChI is InChI=1S/C25H30N8O3/c34-21-15-17(23(35)28-21)14-18-16-26-33-22(18)29-24(30-25(33)27-19-4-2-1-3-5-19)32-8-6-20(7-9-32)31-10-12-36-13-11-31/h1-5,14,16,20-21,34H,6-13,15H2,(H,28,35)(H,27,29,30)/b17-14+. The molecule has 11 nitrogen and oxygen atoms in total. The first kappa shape index (κ1) is 22.9. The van der Waals surface area contributed by atoms with Crippen LogP contribution < -0.4 is 15.5 Å². The fourth-order valence-corrected chi connectivity index (χ4v) is 5.14. The molecule has 0 radical (unpaired) electrons. The van der Waals surface area contributed by atoms with E-state index in [1.807, 2.05) is 30.3 Å². The Bertz CT molecular complexity index is 1260. The first-order valence-corrected chi connectivity index (χ1v) is 12.5. The smallest absolute Gasteiger partial charge is 0.249 e. The number of carbonyl (C=O) groups is 1. The zero-order valence-electron chi connectivity index (χ0n) is 20.0. The van der Waals surface area contributed by atoms with Crippen molar-refractivity contribution in [3.8, 4) is 0 Å². The summed E-state index contributed by atoms with van der Waals surface area (Å²) in [6.07, 6.45) is 4.91. The van der Waals surface area contributed by atoms with Crippen LogP contribution in [0.2, 0.25) is 0 Å². The maximum absolute atomic E-state index is 12.2. The lowest BCUT2D eigenvalue weighted by Gasteiger charge is -2.40. The number of carbonyl (C=O) groups excluding carboxylic acids is 1. The van der Waals surface area contributed by atoms with Gasteiger partial charge in [0.1, 0.15) is 6.23 Å². The van der Waals surface area contributed by atoms with E-state index in [1.165, 1.54) is 0 Å². The van der Waals surface area contributed by atoms with E-state index >= 15 is 0 Å². The highest BCUT2D eigenvalue weighted by Crippen LogP contribution is 2.26. The number of hydrogen-bond acceptors (Lipinski definition) is 9. The van der Waals surface area contributed by atoms with Gasteiger partial charge in [-0.2, -0.15) is 19.6 Å². The highest BCUT2D eigenvalue weighted by molar-refractivity contribution is 6.00. The van der Waals surface area contributed by atoms with Crippen LogP contribution in [0.15, 0.2) is 42.1 Å². The van der Waals surface area contributed by atoms with Crippen LogP contribution in [0, 0.1) is 0 Å². The van der Waals surface area contributed by atoms with E-state index in [2.05, 4.69) is 25.5 Å². The van der Waals surface area contributed by atoms with E-state index in [-0.39, 0.29) is 12.3 Å². The molecule has 0 aliphatic carbocycles. The molecule has 1 atom stereocenters. The summed E-state index contributed by atoms with van der Waals surface area (Å²) in [5.74, 6) is 0.915. The molecule has 3 fully saturated rings. The van der Waals surface area contributed by atoms with Gasteiger partial charge in [0.2, 0.25) is 17.8 Å². The number of hydrogen-bond donors (Lipinski definition) is 3. The summed E-state index contributed by atoms with van der Waals surface area (Å²) in [7, 11) is 0. The highest BCUT2D eigenvalue weighted by Gasteiger charge is 2.28. The molecule has 36 heavy (non-hydrogen) atoms. The second-order valence-electron chi connectivity index (χ2n) is 9.40. The molecule has 188 valence electrons. The van der Waals surface area contributed by atoms with Gasteiger partial charge in [0, 0.05) is 55.5 Å². The van der Waals surface area contributed by atoms with Crippen molar-refractivity contribution in [2.75, 3.05) is 49.6 Å². The van der Waals surface area contributed by atoms with Crippen LogP contribution in [0.25, 0.3) is 11.7 Å². The van der Waals surface area contributed by atoms with Gasteiger partial charge >= 0.3 is 0 Å². The van der Waals surface area contributed by atoms with E-state index in [9.17, 15) is 9.90 Å². The van der Waals surface area contributed by atoms with Gasteiger partial charge in [0.25, 0.3) is 0 Å². The molecular formula is C25H30N8O3. The molecule has 0 spiro atoms. The molecule has 1 amide bonds. The van der Waals surface area contributed by atoms with Gasteiger partial charge < -0.3 is 25.4 Å². The SMILES string of the molecule is O=C1NC(O)C/C1=C\c1cnn2c(Nc3ccccc3)nc(N3CCC(N4CCOCC4)CC3)nc12. The molecule has 1 unspecified atom stereocenters. The van der Waals surface area contributed by atoms with Crippen molar-refractivity contribution in [3.05, 3.63) is 47.7 Å². The lowest BCUT2D eigenvalue weighted by molar-refractivity contribution is -0.117. The van der Waals surface area contributed by atoms with E-state index in [0.29, 0.717) is 34.7 Å². The highest BCUT2D eigenvalue weighted by atomic mass is 16.5. The number of fused-ring (bicyclic) bond motifs is 1. The number of amides is 1. The second kappa shape index (κ2) is 9.84. The molecule has 0 saturated carbocycles. The Morgan fingerprint density at radius 3 is 2.58 bits per heavy atom. The Morgan fingerprint density at radius 1 is 1.08 bits per heavy atom. The second-order valence-corrected chi connectivity index (χ2v) is 9.40. The third-order valence-corrected chi connectivity index (χ3v) is 7.06. The minimum atomic E-state index is -0.862. The number of benzene rings is 1. The van der Waals surface area contributed by atoms with Gasteiger partial charge in [-0.25, -0.2) is 0 Å². The number of aliphatic hydroxyl groups is 1. The molecule has 1 aromatic carbocycles. The summed E-state index contributed by atoms with van der Waals surface area (Å²) in [5, 5.41) is 20.2. The fraction of sp³-hybridized carbons (Fsp3) is 0.440. The number of nitrogens with one attached hydrogen (secondary N) is 2. The van der Waals surface area contributed by atoms with Crippen LogP contribution in [0.5, 0.6) is 0 Å². The molecule has 5 heterocycles. The summed E-state index contributed by atoms with van der Waals surface area (Å²) >= 11 is 0. The Balaban J connectivity index is 1.32. The van der Waals surface area contributed by atoms with Gasteiger partial charge in [-0.05, 0) is 31.1 Å². The zero-order valence-corrected chi connectivity index (χ0v) is 20.0. The minimum Gasteiger partial charge on any atom is -0.379 e. The average Bonchev–Trinajstić information content (AvgIpc) is 3.47. The van der Waals surface area contributed by atoms with Gasteiger partial charge in [0.15, 0.2) is 5.65 Å². The third-order valence-electron chi connectivity index (χ3n) is 7.06. The average molecular weight is 491 g/mol. The lowest BCUT2D eigenvalue weighted by atomic mass is 10.0. The predicted molar refractivity (Wildman–Crippen MR) is 135 cm³/mol. The monoisotopic (exact) mass is 490 g/mol. The Morgan fingerprint density at radius 2 is 1.86 bits per heavy atom. The molecule has 3 aliphatic heterocycles. The number of morpholine rings is 1. The summed E-state index contributed by atoms with van der Waals surface area (Å²) < 4.78 is 7.18. The van der Waals surface area contributed by atoms with Gasteiger partial charge in [-0.3, -0.25) is 9.69 Å². The van der Waals surface area contributed by atoms with Crippen molar-refractivity contribution in [2.24, 2.45) is 0 Å². The number of rotatable bonds is 5. The Hall–Kier alpha value is -3.54. The minimum absolute atomic E-state index is 0.248. The molecule has 11 heteroatoms. The first-order valence-electron chi connectivity index (χ1n) is 12.5. The van der Waals surface area contributed by atoms with Crippen molar-refractivity contribution in [1.82, 2.24) is 29.8 Å². The normalized spacial score (nSPS) is 22.9. The summed E-state index contributed by atoms with van der Waals surface area (Å²) in [4.78, 5) is 26.7. The number of anilines is 3. The van der Waals surface area contributed by atoms with Crippen LogP contribution in [-0.2, 0) is 9.53 Å². The molecule has 3 N–H and O–H groups in total. The zero-order chi connectivity index (χ0) is 24.5. The van der Waals surface area contributed by atoms with E-state index in [0.717, 1.165) is 57.9 Å². The molecule has 6 rings (SSSR count). The summed E-state index contributed by atoms with van der Waals surface area (Å²) in [5.41, 5.74) is 2.71. The van der Waals surface area contributed by atoms with E-state index in [1.54, 1.807) is 16.8 Å². The quantitative estimate of drug-likeness (QED) is 0.456. The van der Waals surface area contributed by atoms with Crippen molar-refractivity contribution in [1.29, 1.82) is 0 Å². The van der Waals surface area contributed by atoms with Crippen LogP contribution in [-0.4, -0.2) is 87.2 Å². The first-order chi connectivity index (χ1) is 17.6. The number of nitrogens with zero attached hydrogens (tertiary/aromatic N) is 6. The predicted octanol–water partition coefficient (Wildman–Crippen LogP) is 1.39. The van der Waals surface area contributed by atoms with Crippen molar-refractivity contribution >= 4 is 35.2 Å². The topological polar surface area (TPSA) is 120 Å². The molecular weight excluding hydrogens is 460 g/mol. The van der Waals surface area contributed by atoms with Crippen LogP contribution in [0.3, 0.4) is 0 Å². The lowest BCUT2D eigenvalue weighted by Crippen LogP contribution is -2.49. The molecule has 3 aromatic rings. The van der Waals surface area contributed by atoms with Crippen LogP contribution in [0.4, 0.5) is 17.6 Å². The number of ether oxygens (including phenoxy) is 1. The van der Waals surface area contributed by atoms with Gasteiger partial charge in [-0.1, -0.05) is 18.2 Å². The van der Waals surface area contributed by atoms with Crippen LogP contribution >= 0.6 is 0 Å². The molecule has 3 aliphatic rings. The summed E-state index contributed by atoms with van der Waals surface area (Å²) in [6, 6.07) is 10.4. The van der Waals surface area contributed by atoms with Gasteiger partial charge in [-0.15, -0.1) is 0 Å². The molecule has 0 bridgehead atoms. The third kappa shape index (κ3) is 4.64. The maximum Gasteiger partial charge on any atom is 0.249 e. The van der Waals surface area contributed by atoms with E-state index < -0.39 is 6.23 Å². The summed E-state index contributed by atoms with van der Waals surface area (Å²) in [6.45, 7) is 5.33. The number of aliphatic hydroxyl groups excluding tert-OH is 1. The number of piperidine rings is 1. The number of para-hydroxylation sites is 1. The van der Waals surface area contributed by atoms with Crippen molar-refractivity contribution < 1.29 is 14.6 Å². The molecule has 2 aromatic heterocycles. The van der Waals surface area contributed by atoms with E-state index in [4.69, 9.17) is 14.7 Å². The van der Waals surface area contributed by atoms with Crippen LogP contribution in [0.1, 0.15) is 24.8 Å².